The molecule has 0 saturated heterocycles. The van der Waals surface area contributed by atoms with Crippen LogP contribution in [0.4, 0.5) is 8.78 Å². The molecular weight excluding hydrogens is 154 g/mol. The largest absolute Gasteiger partial charge is 0.258 e. The Kier molecular flexibility index (Phi) is 2.11. The maximum atomic E-state index is 11.7. The molecule has 4 nitrogen and oxygen atoms in total. The minimum atomic E-state index is -2.51. The Morgan fingerprint density at radius 1 is 1.73 bits per heavy atom. The highest BCUT2D eigenvalue weighted by atomic mass is 19.3. The van der Waals surface area contributed by atoms with Gasteiger partial charge in [-0.3, -0.25) is 0 Å². The molecule has 0 fully saturated rings. The van der Waals surface area contributed by atoms with Crippen LogP contribution in [0.1, 0.15) is 5.82 Å². The Morgan fingerprint density at radius 3 is 3.00 bits per heavy atom. The van der Waals surface area contributed by atoms with Crippen LogP contribution in [0.2, 0.25) is 0 Å². The average Bonchev–Trinajstić information content (AvgIpc) is 2.34. The van der Waals surface area contributed by atoms with Crippen molar-refractivity contribution in [3.63, 3.8) is 0 Å². The van der Waals surface area contributed by atoms with Crippen LogP contribution in [-0.2, 0) is 6.54 Å². The number of rotatable bonds is 2. The van der Waals surface area contributed by atoms with Gasteiger partial charge in [0.25, 0.3) is 6.43 Å². The number of aromatic nitrogens is 3. The summed E-state index contributed by atoms with van der Waals surface area (Å²) in [5.41, 5.74) is 0. The first kappa shape index (κ1) is 7.60. The second kappa shape index (κ2) is 3.05. The van der Waals surface area contributed by atoms with E-state index < -0.39 is 13.0 Å². The van der Waals surface area contributed by atoms with Gasteiger partial charge in [0.1, 0.15) is 18.9 Å². The standard InChI is InChI=1S/C5H4F2N4/c6-4(7)2-11-5(1-8)9-3-10-11/h3-4H,2H2. The van der Waals surface area contributed by atoms with E-state index in [2.05, 4.69) is 10.1 Å². The molecule has 0 aliphatic heterocycles. The van der Waals surface area contributed by atoms with E-state index in [0.29, 0.717) is 0 Å². The molecule has 1 rings (SSSR count). The Morgan fingerprint density at radius 2 is 2.45 bits per heavy atom. The minimum absolute atomic E-state index is 0.0923. The summed E-state index contributed by atoms with van der Waals surface area (Å²) < 4.78 is 24.3. The molecule has 0 aromatic carbocycles. The first-order valence-electron chi connectivity index (χ1n) is 2.80. The molecule has 0 bridgehead atoms. The number of nitrogens with zero attached hydrogens (tertiary/aromatic N) is 4. The third kappa shape index (κ3) is 1.70. The topological polar surface area (TPSA) is 54.5 Å². The van der Waals surface area contributed by atoms with Crippen molar-refractivity contribution in [1.82, 2.24) is 14.8 Å². The fraction of sp³-hybridized carbons (Fsp3) is 0.400. The first-order valence-corrected chi connectivity index (χ1v) is 2.80. The van der Waals surface area contributed by atoms with Crippen LogP contribution in [0.25, 0.3) is 0 Å². The number of hydrogen-bond donors (Lipinski definition) is 0. The second-order valence-corrected chi connectivity index (χ2v) is 1.77. The molecule has 0 spiro atoms. The molecule has 11 heavy (non-hydrogen) atoms. The predicted molar refractivity (Wildman–Crippen MR) is 30.7 cm³/mol. The van der Waals surface area contributed by atoms with Gasteiger partial charge in [-0.1, -0.05) is 0 Å². The molecule has 6 heteroatoms. The van der Waals surface area contributed by atoms with Crippen molar-refractivity contribution in [2.75, 3.05) is 0 Å². The van der Waals surface area contributed by atoms with Gasteiger partial charge in [0.05, 0.1) is 0 Å². The predicted octanol–water partition coefficient (Wildman–Crippen LogP) is 0.415. The summed E-state index contributed by atoms with van der Waals surface area (Å²) in [6, 6.07) is 1.64. The lowest BCUT2D eigenvalue weighted by Crippen LogP contribution is -2.09. The molecule has 0 amide bonds. The molecule has 0 aliphatic rings. The van der Waals surface area contributed by atoms with Crippen LogP contribution >= 0.6 is 0 Å². The van der Waals surface area contributed by atoms with E-state index in [4.69, 9.17) is 5.26 Å². The lowest BCUT2D eigenvalue weighted by Gasteiger charge is -1.97. The zero-order valence-corrected chi connectivity index (χ0v) is 5.41. The van der Waals surface area contributed by atoms with Gasteiger partial charge < -0.3 is 0 Å². The molecular formula is C5H4F2N4. The SMILES string of the molecule is N#Cc1ncnn1CC(F)F. The minimum Gasteiger partial charge on any atom is -0.232 e. The normalized spacial score (nSPS) is 10.0. The van der Waals surface area contributed by atoms with Crippen LogP contribution in [0, 0.1) is 11.3 Å². The average molecular weight is 158 g/mol. The van der Waals surface area contributed by atoms with Crippen molar-refractivity contribution in [3.8, 4) is 6.07 Å². The van der Waals surface area contributed by atoms with Crippen molar-refractivity contribution in [2.45, 2.75) is 13.0 Å². The Hall–Kier alpha value is -1.51. The second-order valence-electron chi connectivity index (χ2n) is 1.77. The molecule has 58 valence electrons. The highest BCUT2D eigenvalue weighted by Crippen LogP contribution is 1.98. The quantitative estimate of drug-likeness (QED) is 0.626. The molecule has 0 unspecified atom stereocenters. The number of nitriles is 1. The lowest BCUT2D eigenvalue weighted by molar-refractivity contribution is 0.121. The van der Waals surface area contributed by atoms with E-state index in [9.17, 15) is 8.78 Å². The third-order valence-electron chi connectivity index (χ3n) is 1.03. The van der Waals surface area contributed by atoms with Crippen molar-refractivity contribution >= 4 is 0 Å². The highest BCUT2D eigenvalue weighted by Gasteiger charge is 2.08. The van der Waals surface area contributed by atoms with E-state index in [1.807, 2.05) is 0 Å². The van der Waals surface area contributed by atoms with E-state index in [0.717, 1.165) is 11.0 Å². The van der Waals surface area contributed by atoms with Crippen LogP contribution in [0.5, 0.6) is 0 Å². The van der Waals surface area contributed by atoms with E-state index >= 15 is 0 Å². The molecule has 0 N–H and O–H groups in total. The molecule has 0 radical (unpaired) electrons. The Labute approximate surface area is 61.1 Å². The summed E-state index contributed by atoms with van der Waals surface area (Å²) in [6.07, 6.45) is -1.44. The highest BCUT2D eigenvalue weighted by molar-refractivity contribution is 5.07. The monoisotopic (exact) mass is 158 g/mol. The Balaban J connectivity index is 2.79. The first-order chi connectivity index (χ1) is 5.24. The van der Waals surface area contributed by atoms with Crippen LogP contribution in [-0.4, -0.2) is 21.2 Å². The third-order valence-corrected chi connectivity index (χ3v) is 1.03. The van der Waals surface area contributed by atoms with Gasteiger partial charge in [0.15, 0.2) is 0 Å². The fourth-order valence-corrected chi connectivity index (χ4v) is 0.615. The lowest BCUT2D eigenvalue weighted by atomic mass is 10.6. The van der Waals surface area contributed by atoms with Crippen molar-refractivity contribution < 1.29 is 8.78 Å². The van der Waals surface area contributed by atoms with E-state index in [1.165, 1.54) is 0 Å². The van der Waals surface area contributed by atoms with Crippen molar-refractivity contribution in [1.29, 1.82) is 5.26 Å². The van der Waals surface area contributed by atoms with E-state index in [1.54, 1.807) is 6.07 Å². The maximum Gasteiger partial charge on any atom is 0.258 e. The summed E-state index contributed by atoms with van der Waals surface area (Å²) in [4.78, 5) is 3.45. The zero-order valence-electron chi connectivity index (χ0n) is 5.41. The van der Waals surface area contributed by atoms with Gasteiger partial charge in [-0.05, 0) is 0 Å². The number of halogens is 2. The smallest absolute Gasteiger partial charge is 0.232 e. The van der Waals surface area contributed by atoms with Crippen LogP contribution < -0.4 is 0 Å². The zero-order chi connectivity index (χ0) is 8.27. The molecule has 1 aromatic heterocycles. The molecule has 1 heterocycles. The van der Waals surface area contributed by atoms with E-state index in [-0.39, 0.29) is 5.82 Å². The summed E-state index contributed by atoms with van der Waals surface area (Å²) in [6.45, 7) is -0.580. The molecule has 0 atom stereocenters. The van der Waals surface area contributed by atoms with Crippen LogP contribution in [0.15, 0.2) is 6.33 Å². The molecule has 1 aromatic rings. The van der Waals surface area contributed by atoms with Crippen molar-refractivity contribution in [2.24, 2.45) is 0 Å². The Bertz CT molecular complexity index is 274. The summed E-state index contributed by atoms with van der Waals surface area (Å²) in [5.74, 6) is -0.0923. The maximum absolute atomic E-state index is 11.7. The molecule has 0 aliphatic carbocycles. The van der Waals surface area contributed by atoms with Crippen molar-refractivity contribution in [3.05, 3.63) is 12.2 Å². The van der Waals surface area contributed by atoms with Gasteiger partial charge in [-0.25, -0.2) is 18.4 Å². The van der Waals surface area contributed by atoms with Gasteiger partial charge >= 0.3 is 0 Å². The number of hydrogen-bond acceptors (Lipinski definition) is 3. The summed E-state index contributed by atoms with van der Waals surface area (Å²) >= 11 is 0. The molecule has 0 saturated carbocycles. The van der Waals surface area contributed by atoms with Gasteiger partial charge in [0.2, 0.25) is 5.82 Å². The number of alkyl halides is 2. The van der Waals surface area contributed by atoms with Gasteiger partial charge in [-0.15, -0.1) is 0 Å². The van der Waals surface area contributed by atoms with Crippen LogP contribution in [0.3, 0.4) is 0 Å². The van der Waals surface area contributed by atoms with Gasteiger partial charge in [-0.2, -0.15) is 10.4 Å². The fourth-order valence-electron chi connectivity index (χ4n) is 0.615. The summed E-state index contributed by atoms with van der Waals surface area (Å²) in [5, 5.41) is 11.7. The summed E-state index contributed by atoms with van der Waals surface area (Å²) in [7, 11) is 0. The van der Waals surface area contributed by atoms with Gasteiger partial charge in [0, 0.05) is 0 Å².